The van der Waals surface area contributed by atoms with Crippen LogP contribution < -0.4 is 33.9 Å². The lowest BCUT2D eigenvalue weighted by Crippen LogP contribution is -3.00. The highest BCUT2D eigenvalue weighted by atomic mass is 35.5. The number of hydrogen-bond donors (Lipinski definition) is 2. The Bertz CT molecular complexity index is 2970. The zero-order valence-corrected chi connectivity index (χ0v) is 32.4. The van der Waals surface area contributed by atoms with E-state index in [-0.39, 0.29) is 36.2 Å². The number of nitro groups is 2. The monoisotopic (exact) mass is 806 g/mol. The van der Waals surface area contributed by atoms with Gasteiger partial charge in [-0.2, -0.15) is 0 Å². The molecule has 9 rings (SSSR count). The number of nitrogens with zero attached hydrogens (tertiary/aromatic N) is 6. The van der Waals surface area contributed by atoms with Gasteiger partial charge in [0.2, 0.25) is 0 Å². The largest absolute Gasteiger partial charge is 1.00 e. The van der Waals surface area contributed by atoms with Crippen LogP contribution in [0.1, 0.15) is 22.8 Å². The van der Waals surface area contributed by atoms with Gasteiger partial charge in [-0.05, 0) is 95.1 Å². The number of pyridine rings is 2. The number of H-pyrrole nitrogens is 2. The highest BCUT2D eigenvalue weighted by molar-refractivity contribution is 6.00. The minimum absolute atomic E-state index is 0. The first-order valence-electron chi connectivity index (χ1n) is 17.8. The second-order valence-corrected chi connectivity index (χ2v) is 13.6. The van der Waals surface area contributed by atoms with E-state index in [0.717, 1.165) is 78.0 Å². The molecule has 7 heterocycles. The van der Waals surface area contributed by atoms with Gasteiger partial charge in [-0.25, -0.2) is 19.1 Å². The second-order valence-electron chi connectivity index (χ2n) is 13.6. The van der Waals surface area contributed by atoms with Crippen molar-refractivity contribution in [3.8, 4) is 44.5 Å². The number of benzene rings is 2. The predicted octanol–water partition coefficient (Wildman–Crippen LogP) is 2.80. The van der Waals surface area contributed by atoms with E-state index in [1.165, 1.54) is 24.3 Å². The van der Waals surface area contributed by atoms with Gasteiger partial charge in [0.25, 0.3) is 11.4 Å². The molecule has 0 aliphatic carbocycles. The zero-order valence-electron chi connectivity index (χ0n) is 30.9. The van der Waals surface area contributed by atoms with Gasteiger partial charge in [0, 0.05) is 92.9 Å². The number of halogens is 2. The van der Waals surface area contributed by atoms with E-state index in [1.807, 2.05) is 109 Å². The molecular weight excluding hydrogens is 775 g/mol. The maximum atomic E-state index is 11.6. The van der Waals surface area contributed by atoms with Crippen molar-refractivity contribution in [1.29, 1.82) is 0 Å². The van der Waals surface area contributed by atoms with Gasteiger partial charge >= 0.3 is 0 Å². The Morgan fingerprint density at radius 2 is 0.724 bits per heavy atom. The SMILES string of the molecule is C[n+]1ccc(-c2c3nc(c(-c4ccc([N+](=O)[O-])cc4)c4ccc([nH]4)c(-c4ccc([N+](=O)[O-])cc4)c4ccc([nH]4)c(-c4cc[n+](C)cc4)c4nc2C=C4)C=C3)cc1.[Cl-].[Cl-]. The van der Waals surface area contributed by atoms with E-state index in [9.17, 15) is 20.2 Å². The lowest BCUT2D eigenvalue weighted by Gasteiger charge is -2.06. The molecule has 2 N–H and O–H groups in total. The van der Waals surface area contributed by atoms with Crippen LogP contribution in [0, 0.1) is 20.2 Å². The van der Waals surface area contributed by atoms with Gasteiger partial charge in [0.05, 0.1) is 32.6 Å². The van der Waals surface area contributed by atoms with Crippen molar-refractivity contribution in [3.05, 3.63) is 165 Å². The van der Waals surface area contributed by atoms with Crippen molar-refractivity contribution >= 4 is 57.7 Å². The maximum absolute atomic E-state index is 11.6. The van der Waals surface area contributed by atoms with Crippen molar-refractivity contribution in [2.45, 2.75) is 0 Å². The Kier molecular flexibility index (Phi) is 10.5. The molecule has 2 aliphatic rings. The maximum Gasteiger partial charge on any atom is 0.269 e. The third-order valence-corrected chi connectivity index (χ3v) is 10.0. The molecule has 0 fully saturated rings. The second kappa shape index (κ2) is 15.7. The molecule has 0 radical (unpaired) electrons. The smallest absolute Gasteiger partial charge is 0.269 e. The summed E-state index contributed by atoms with van der Waals surface area (Å²) in [5, 5.41) is 23.2. The molecule has 5 aromatic heterocycles. The third-order valence-electron chi connectivity index (χ3n) is 10.0. The van der Waals surface area contributed by atoms with Gasteiger partial charge in [-0.15, -0.1) is 0 Å². The molecule has 286 valence electrons. The van der Waals surface area contributed by atoms with Crippen LogP contribution in [0.25, 0.3) is 90.9 Å². The lowest BCUT2D eigenvalue weighted by atomic mass is 10.0. The summed E-state index contributed by atoms with van der Waals surface area (Å²) in [6, 6.07) is 29.1. The van der Waals surface area contributed by atoms with Crippen LogP contribution in [0.15, 0.2) is 122 Å². The predicted molar refractivity (Wildman–Crippen MR) is 216 cm³/mol. The van der Waals surface area contributed by atoms with Gasteiger partial charge in [0.1, 0.15) is 14.1 Å². The number of aryl methyl sites for hydroxylation is 2. The Labute approximate surface area is 343 Å². The normalized spacial score (nSPS) is 11.5. The molecule has 0 saturated heterocycles. The summed E-state index contributed by atoms with van der Waals surface area (Å²) in [5.41, 5.74) is 12.6. The summed E-state index contributed by atoms with van der Waals surface area (Å²) in [6.07, 6.45) is 16.0. The first-order chi connectivity index (χ1) is 27.2. The Hall–Kier alpha value is -7.28. The number of nitro benzene ring substituents is 2. The summed E-state index contributed by atoms with van der Waals surface area (Å²) in [6.45, 7) is 0. The van der Waals surface area contributed by atoms with Gasteiger partial charge in [-0.3, -0.25) is 20.2 Å². The van der Waals surface area contributed by atoms with E-state index in [2.05, 4.69) is 22.1 Å². The van der Waals surface area contributed by atoms with Gasteiger partial charge < -0.3 is 34.8 Å². The minimum Gasteiger partial charge on any atom is -1.00 e. The van der Waals surface area contributed by atoms with Gasteiger partial charge in [0.15, 0.2) is 24.8 Å². The number of nitrogens with one attached hydrogen (secondary N) is 2. The summed E-state index contributed by atoms with van der Waals surface area (Å²) >= 11 is 0. The summed E-state index contributed by atoms with van der Waals surface area (Å²) < 4.78 is 3.96. The number of aromatic nitrogens is 6. The van der Waals surface area contributed by atoms with Crippen LogP contribution in [0.3, 0.4) is 0 Å². The topological polar surface area (TPSA) is 151 Å². The number of aromatic amines is 2. The number of non-ortho nitro benzene ring substituents is 2. The van der Waals surface area contributed by atoms with E-state index in [1.54, 1.807) is 24.3 Å². The molecule has 7 aromatic rings. The first kappa shape index (κ1) is 39.0. The molecule has 0 atom stereocenters. The lowest BCUT2D eigenvalue weighted by molar-refractivity contribution is -0.671. The molecular formula is C44H32Cl2N8O4. The molecule has 8 bridgehead atoms. The highest BCUT2D eigenvalue weighted by Gasteiger charge is 2.21. The van der Waals surface area contributed by atoms with E-state index in [0.29, 0.717) is 11.4 Å². The fourth-order valence-electron chi connectivity index (χ4n) is 7.26. The Morgan fingerprint density at radius 3 is 1.09 bits per heavy atom. The fourth-order valence-corrected chi connectivity index (χ4v) is 7.26. The molecule has 0 saturated carbocycles. The fraction of sp³-hybridized carbons (Fsp3) is 0.0455. The van der Waals surface area contributed by atoms with Crippen molar-refractivity contribution in [2.24, 2.45) is 14.1 Å². The van der Waals surface area contributed by atoms with Gasteiger partial charge in [-0.1, -0.05) is 0 Å². The molecule has 0 unspecified atom stereocenters. The Morgan fingerprint density at radius 1 is 0.431 bits per heavy atom. The van der Waals surface area contributed by atoms with Crippen molar-refractivity contribution in [2.75, 3.05) is 0 Å². The zero-order chi connectivity index (χ0) is 38.5. The molecule has 2 aromatic carbocycles. The van der Waals surface area contributed by atoms with Crippen molar-refractivity contribution in [1.82, 2.24) is 19.9 Å². The van der Waals surface area contributed by atoms with Crippen molar-refractivity contribution < 1.29 is 43.8 Å². The number of fused-ring (bicyclic) bond motifs is 8. The molecule has 14 heteroatoms. The van der Waals surface area contributed by atoms with E-state index >= 15 is 0 Å². The molecule has 58 heavy (non-hydrogen) atoms. The standard InChI is InChI=1S/C44H31N8O4.2ClH/c1-49-23-19-29(20-24-49)43-37-15-13-35(46-37)41(27-3-7-31(8-4-27)51(53)54)33-11-12-34(45-33)42(28-5-9-32(10-6-28)52(55)56)36-14-16-38(47-36)44(40-18-17-39(43)48-40)30-21-25-50(2)26-22-30;;/h3-26H,1-2H3,(H,45,46,47,48);2*1H/q+1;;/p-1. The van der Waals surface area contributed by atoms with Crippen LogP contribution in [0.2, 0.25) is 0 Å². The molecule has 2 aliphatic heterocycles. The quantitative estimate of drug-likeness (QED) is 0.150. The van der Waals surface area contributed by atoms with Crippen LogP contribution in [-0.4, -0.2) is 29.8 Å². The number of rotatable bonds is 6. The third kappa shape index (κ3) is 7.13. The van der Waals surface area contributed by atoms with E-state index < -0.39 is 9.85 Å². The van der Waals surface area contributed by atoms with Crippen LogP contribution in [-0.2, 0) is 14.1 Å². The van der Waals surface area contributed by atoms with Crippen LogP contribution >= 0.6 is 0 Å². The minimum atomic E-state index is -0.419. The summed E-state index contributed by atoms with van der Waals surface area (Å²) in [7, 11) is 3.94. The van der Waals surface area contributed by atoms with E-state index in [4.69, 9.17) is 9.97 Å². The highest BCUT2D eigenvalue weighted by Crippen LogP contribution is 2.38. The molecule has 0 amide bonds. The summed E-state index contributed by atoms with van der Waals surface area (Å²) in [5.74, 6) is 0. The molecule has 0 spiro atoms. The number of hydrogen-bond acceptors (Lipinski definition) is 6. The molecule has 12 nitrogen and oxygen atoms in total. The van der Waals surface area contributed by atoms with Crippen LogP contribution in [0.4, 0.5) is 11.4 Å². The average molecular weight is 808 g/mol. The Balaban J connectivity index is 0.00000256. The van der Waals surface area contributed by atoms with Crippen LogP contribution in [0.5, 0.6) is 0 Å². The van der Waals surface area contributed by atoms with Crippen molar-refractivity contribution in [3.63, 3.8) is 0 Å². The average Bonchev–Trinajstić information content (AvgIpc) is 4.05. The first-order valence-corrected chi connectivity index (χ1v) is 17.8. The summed E-state index contributed by atoms with van der Waals surface area (Å²) in [4.78, 5) is 40.3.